The van der Waals surface area contributed by atoms with E-state index in [2.05, 4.69) is 40.6 Å². The van der Waals surface area contributed by atoms with Gasteiger partial charge in [0.2, 0.25) is 5.91 Å². The monoisotopic (exact) mass is 367 g/mol. The number of benzene rings is 2. The van der Waals surface area contributed by atoms with Crippen LogP contribution in [0.1, 0.15) is 43.1 Å². The third kappa shape index (κ3) is 4.67. The summed E-state index contributed by atoms with van der Waals surface area (Å²) in [6.45, 7) is 2.09. The van der Waals surface area contributed by atoms with Gasteiger partial charge in [-0.15, -0.1) is 0 Å². The van der Waals surface area contributed by atoms with Crippen LogP contribution in [0.3, 0.4) is 0 Å². The van der Waals surface area contributed by atoms with Crippen LogP contribution in [0.2, 0.25) is 0 Å². The summed E-state index contributed by atoms with van der Waals surface area (Å²) in [6, 6.07) is 18.0. The smallest absolute Gasteiger partial charge is 0.221 e. The average Bonchev–Trinajstić information content (AvgIpc) is 3.09. The van der Waals surface area contributed by atoms with E-state index in [4.69, 9.17) is 0 Å². The molecule has 0 radical (unpaired) electrons. The Kier molecular flexibility index (Phi) is 6.34. The van der Waals surface area contributed by atoms with Crippen molar-refractivity contribution in [3.05, 3.63) is 66.0 Å². The van der Waals surface area contributed by atoms with Crippen LogP contribution >= 0.6 is 11.8 Å². The first-order valence-corrected chi connectivity index (χ1v) is 10.3. The molecule has 136 valence electrons. The number of hydrogen-bond acceptors (Lipinski definition) is 3. The lowest BCUT2D eigenvalue weighted by molar-refractivity contribution is -0.122. The molecule has 2 aromatic carbocycles. The van der Waals surface area contributed by atoms with Crippen LogP contribution in [0.15, 0.2) is 54.6 Å². The molecule has 0 spiro atoms. The number of nitrogens with one attached hydrogen (secondary N) is 2. The molecule has 0 aliphatic heterocycles. The van der Waals surface area contributed by atoms with Crippen LogP contribution in [-0.4, -0.2) is 27.9 Å². The number of imidazole rings is 1. The van der Waals surface area contributed by atoms with Gasteiger partial charge in [0.15, 0.2) is 0 Å². The summed E-state index contributed by atoms with van der Waals surface area (Å²) in [6.07, 6.45) is 3.40. The maximum atomic E-state index is 12.6. The Labute approximate surface area is 158 Å². The number of hydrogen-bond donors (Lipinski definition) is 2. The molecule has 1 aromatic heterocycles. The SMILES string of the molecule is CSCC[C@@H](NC(=O)C[C@H](C)c1ccccc1)c1nc2ccccc2[nH]1. The highest BCUT2D eigenvalue weighted by molar-refractivity contribution is 7.98. The molecule has 2 N–H and O–H groups in total. The minimum absolute atomic E-state index is 0.0629. The van der Waals surface area contributed by atoms with Gasteiger partial charge in [-0.1, -0.05) is 49.4 Å². The topological polar surface area (TPSA) is 57.8 Å². The molecule has 26 heavy (non-hydrogen) atoms. The highest BCUT2D eigenvalue weighted by Crippen LogP contribution is 2.22. The minimum atomic E-state index is -0.0923. The van der Waals surface area contributed by atoms with Crippen molar-refractivity contribution in [2.24, 2.45) is 0 Å². The molecule has 0 bridgehead atoms. The Morgan fingerprint density at radius 1 is 1.15 bits per heavy atom. The number of nitrogens with zero attached hydrogens (tertiary/aromatic N) is 1. The third-order valence-electron chi connectivity index (χ3n) is 4.54. The highest BCUT2D eigenvalue weighted by Gasteiger charge is 2.19. The normalized spacial score (nSPS) is 13.5. The molecular formula is C21H25N3OS. The van der Waals surface area contributed by atoms with Crippen LogP contribution in [-0.2, 0) is 4.79 Å². The van der Waals surface area contributed by atoms with E-state index in [0.29, 0.717) is 6.42 Å². The van der Waals surface area contributed by atoms with Crippen molar-refractivity contribution >= 4 is 28.7 Å². The van der Waals surface area contributed by atoms with Gasteiger partial charge in [0.1, 0.15) is 5.82 Å². The highest BCUT2D eigenvalue weighted by atomic mass is 32.2. The Morgan fingerprint density at radius 3 is 2.62 bits per heavy atom. The summed E-state index contributed by atoms with van der Waals surface area (Å²) >= 11 is 1.78. The van der Waals surface area contributed by atoms with E-state index in [1.165, 1.54) is 5.56 Å². The average molecular weight is 368 g/mol. The van der Waals surface area contributed by atoms with Crippen molar-refractivity contribution in [1.82, 2.24) is 15.3 Å². The van der Waals surface area contributed by atoms with Gasteiger partial charge in [-0.25, -0.2) is 4.98 Å². The van der Waals surface area contributed by atoms with E-state index in [-0.39, 0.29) is 17.9 Å². The second-order valence-corrected chi connectivity index (χ2v) is 7.54. The van der Waals surface area contributed by atoms with Crippen molar-refractivity contribution in [2.75, 3.05) is 12.0 Å². The first kappa shape index (κ1) is 18.5. The standard InChI is InChI=1S/C21H25N3OS/c1-15(16-8-4-3-5-9-16)14-20(25)22-19(12-13-26-2)21-23-17-10-6-7-11-18(17)24-21/h3-11,15,19H,12-14H2,1-2H3,(H,22,25)(H,23,24)/t15-,19+/m0/s1. The van der Waals surface area contributed by atoms with E-state index in [9.17, 15) is 4.79 Å². The van der Waals surface area contributed by atoms with Gasteiger partial charge in [0.25, 0.3) is 0 Å². The molecule has 5 heteroatoms. The zero-order valence-electron chi connectivity index (χ0n) is 15.2. The number of carbonyl (C=O) groups is 1. The molecule has 0 saturated carbocycles. The van der Waals surface area contributed by atoms with Crippen molar-refractivity contribution in [3.63, 3.8) is 0 Å². The van der Waals surface area contributed by atoms with Crippen LogP contribution in [0.25, 0.3) is 11.0 Å². The van der Waals surface area contributed by atoms with Crippen molar-refractivity contribution < 1.29 is 4.79 Å². The van der Waals surface area contributed by atoms with Crippen LogP contribution in [0.5, 0.6) is 0 Å². The van der Waals surface area contributed by atoms with E-state index in [0.717, 1.165) is 29.0 Å². The molecule has 0 unspecified atom stereocenters. The number of amides is 1. The van der Waals surface area contributed by atoms with Crippen molar-refractivity contribution in [2.45, 2.75) is 31.7 Å². The lowest BCUT2D eigenvalue weighted by Crippen LogP contribution is -2.30. The maximum Gasteiger partial charge on any atom is 0.221 e. The fourth-order valence-electron chi connectivity index (χ4n) is 3.08. The zero-order chi connectivity index (χ0) is 18.4. The second kappa shape index (κ2) is 8.90. The fraction of sp³-hybridized carbons (Fsp3) is 0.333. The third-order valence-corrected chi connectivity index (χ3v) is 5.19. The van der Waals surface area contributed by atoms with E-state index in [1.807, 2.05) is 42.5 Å². The van der Waals surface area contributed by atoms with Crippen molar-refractivity contribution in [3.8, 4) is 0 Å². The van der Waals surface area contributed by atoms with Crippen LogP contribution in [0.4, 0.5) is 0 Å². The number of para-hydroxylation sites is 2. The molecule has 1 amide bonds. The van der Waals surface area contributed by atoms with Gasteiger partial charge in [-0.3, -0.25) is 4.79 Å². The molecule has 1 heterocycles. The van der Waals surface area contributed by atoms with Gasteiger partial charge in [-0.05, 0) is 42.0 Å². The Balaban J connectivity index is 1.70. The predicted octanol–water partition coefficient (Wildman–Crippen LogP) is 4.67. The number of aromatic nitrogens is 2. The van der Waals surface area contributed by atoms with Gasteiger partial charge in [-0.2, -0.15) is 11.8 Å². The Morgan fingerprint density at radius 2 is 1.88 bits per heavy atom. The molecule has 0 aliphatic rings. The minimum Gasteiger partial charge on any atom is -0.346 e. The molecule has 2 atom stereocenters. The quantitative estimate of drug-likeness (QED) is 0.608. The molecule has 0 fully saturated rings. The number of aromatic amines is 1. The fourth-order valence-corrected chi connectivity index (χ4v) is 3.55. The summed E-state index contributed by atoms with van der Waals surface area (Å²) < 4.78 is 0. The number of carbonyl (C=O) groups excluding carboxylic acids is 1. The summed E-state index contributed by atoms with van der Waals surface area (Å²) in [5.41, 5.74) is 3.12. The summed E-state index contributed by atoms with van der Waals surface area (Å²) in [5.74, 6) is 2.05. The number of rotatable bonds is 8. The molecule has 0 saturated heterocycles. The first-order valence-electron chi connectivity index (χ1n) is 8.95. The zero-order valence-corrected chi connectivity index (χ0v) is 16.1. The van der Waals surface area contributed by atoms with Crippen LogP contribution < -0.4 is 5.32 Å². The second-order valence-electron chi connectivity index (χ2n) is 6.56. The molecule has 0 aliphatic carbocycles. The van der Waals surface area contributed by atoms with Gasteiger partial charge in [0.05, 0.1) is 17.1 Å². The van der Waals surface area contributed by atoms with Crippen LogP contribution in [0, 0.1) is 0 Å². The van der Waals surface area contributed by atoms with Gasteiger partial charge < -0.3 is 10.3 Å². The lowest BCUT2D eigenvalue weighted by atomic mass is 9.97. The largest absolute Gasteiger partial charge is 0.346 e. The Hall–Kier alpha value is -2.27. The Bertz CT molecular complexity index is 814. The van der Waals surface area contributed by atoms with E-state index < -0.39 is 0 Å². The lowest BCUT2D eigenvalue weighted by Gasteiger charge is -2.18. The number of thioether (sulfide) groups is 1. The van der Waals surface area contributed by atoms with E-state index >= 15 is 0 Å². The molecular weight excluding hydrogens is 342 g/mol. The van der Waals surface area contributed by atoms with Gasteiger partial charge in [0, 0.05) is 6.42 Å². The maximum absolute atomic E-state index is 12.6. The number of fused-ring (bicyclic) bond motifs is 1. The summed E-state index contributed by atoms with van der Waals surface area (Å²) in [7, 11) is 0. The summed E-state index contributed by atoms with van der Waals surface area (Å²) in [4.78, 5) is 20.7. The number of H-pyrrole nitrogens is 1. The summed E-state index contributed by atoms with van der Waals surface area (Å²) in [5, 5.41) is 3.18. The van der Waals surface area contributed by atoms with E-state index in [1.54, 1.807) is 11.8 Å². The molecule has 3 aromatic rings. The van der Waals surface area contributed by atoms with Crippen molar-refractivity contribution in [1.29, 1.82) is 0 Å². The first-order chi connectivity index (χ1) is 12.7. The predicted molar refractivity (Wildman–Crippen MR) is 109 cm³/mol. The molecule has 4 nitrogen and oxygen atoms in total. The molecule has 3 rings (SSSR count). The van der Waals surface area contributed by atoms with Gasteiger partial charge >= 0.3 is 0 Å².